The number of hydrogen-bond acceptors (Lipinski definition) is 2. The van der Waals surface area contributed by atoms with Gasteiger partial charge in [0.2, 0.25) is 0 Å². The Morgan fingerprint density at radius 3 is 2.56 bits per heavy atom. The van der Waals surface area contributed by atoms with Crippen molar-refractivity contribution >= 4 is 16.9 Å². The van der Waals surface area contributed by atoms with Crippen LogP contribution in [0.5, 0.6) is 0 Å². The monoisotopic (exact) mass is 360 g/mol. The van der Waals surface area contributed by atoms with Crippen molar-refractivity contribution in [2.75, 3.05) is 24.3 Å². The standard InChI is InChI=1S/C25H32N2/c1-4-7-23(19-12-13-19)24-16-21(14-15-25(24)26-2)27(3)17-20-8-5-6-9-22(20)18-10-11-18/h5-9,14-16,18-19,26H,4,10-13,17H2,1-3H3/b23-7-. The second-order valence-electron chi connectivity index (χ2n) is 8.15. The van der Waals surface area contributed by atoms with E-state index in [-0.39, 0.29) is 0 Å². The van der Waals surface area contributed by atoms with Crippen LogP contribution in [0.3, 0.4) is 0 Å². The Balaban J connectivity index is 1.62. The molecule has 0 saturated heterocycles. The fourth-order valence-electron chi connectivity index (χ4n) is 4.15. The molecule has 4 rings (SSSR count). The molecule has 2 saturated carbocycles. The van der Waals surface area contributed by atoms with Gasteiger partial charge in [0.15, 0.2) is 0 Å². The van der Waals surface area contributed by atoms with E-state index in [9.17, 15) is 0 Å². The number of allylic oxidation sites excluding steroid dienone is 2. The lowest BCUT2D eigenvalue weighted by atomic mass is 9.97. The molecule has 0 atom stereocenters. The van der Waals surface area contributed by atoms with Crippen LogP contribution in [0.1, 0.15) is 61.6 Å². The first-order chi connectivity index (χ1) is 13.2. The molecule has 0 radical (unpaired) electrons. The average molecular weight is 361 g/mol. The molecule has 0 heterocycles. The molecule has 2 heteroatoms. The smallest absolute Gasteiger partial charge is 0.0429 e. The van der Waals surface area contributed by atoms with E-state index in [1.54, 1.807) is 5.56 Å². The van der Waals surface area contributed by atoms with Gasteiger partial charge in [-0.05, 0) is 78.8 Å². The molecular formula is C25H32N2. The van der Waals surface area contributed by atoms with E-state index >= 15 is 0 Å². The molecule has 0 unspecified atom stereocenters. The van der Waals surface area contributed by atoms with Crippen molar-refractivity contribution in [3.05, 3.63) is 65.2 Å². The summed E-state index contributed by atoms with van der Waals surface area (Å²) in [5.74, 6) is 1.55. The molecule has 2 nitrogen and oxygen atoms in total. The van der Waals surface area contributed by atoms with Gasteiger partial charge >= 0.3 is 0 Å². The summed E-state index contributed by atoms with van der Waals surface area (Å²) in [4.78, 5) is 2.40. The van der Waals surface area contributed by atoms with Crippen LogP contribution >= 0.6 is 0 Å². The summed E-state index contributed by atoms with van der Waals surface area (Å²) in [5.41, 5.74) is 8.51. The Morgan fingerprint density at radius 1 is 1.11 bits per heavy atom. The quantitative estimate of drug-likeness (QED) is 0.582. The topological polar surface area (TPSA) is 15.3 Å². The summed E-state index contributed by atoms with van der Waals surface area (Å²) in [6.07, 6.45) is 8.92. The van der Waals surface area contributed by atoms with Gasteiger partial charge < -0.3 is 10.2 Å². The molecule has 2 aliphatic carbocycles. The maximum atomic E-state index is 3.41. The van der Waals surface area contributed by atoms with Crippen molar-refractivity contribution in [2.45, 2.75) is 51.5 Å². The molecule has 27 heavy (non-hydrogen) atoms. The molecule has 0 aliphatic heterocycles. The second kappa shape index (κ2) is 7.80. The lowest BCUT2D eigenvalue weighted by Gasteiger charge is -2.23. The van der Waals surface area contributed by atoms with Gasteiger partial charge in [0.05, 0.1) is 0 Å². The van der Waals surface area contributed by atoms with E-state index in [1.807, 2.05) is 7.05 Å². The Labute approximate surface area is 164 Å². The fourth-order valence-corrected chi connectivity index (χ4v) is 4.15. The lowest BCUT2D eigenvalue weighted by molar-refractivity contribution is 0.898. The van der Waals surface area contributed by atoms with Crippen LogP contribution in [0.25, 0.3) is 5.57 Å². The van der Waals surface area contributed by atoms with E-state index < -0.39 is 0 Å². The van der Waals surface area contributed by atoms with Gasteiger partial charge in [-0.2, -0.15) is 0 Å². The van der Waals surface area contributed by atoms with Crippen LogP contribution in [0, 0.1) is 5.92 Å². The number of rotatable bonds is 8. The highest BCUT2D eigenvalue weighted by molar-refractivity contribution is 5.81. The van der Waals surface area contributed by atoms with Crippen molar-refractivity contribution in [1.82, 2.24) is 0 Å². The summed E-state index contributed by atoms with van der Waals surface area (Å²) in [6.45, 7) is 3.22. The van der Waals surface area contributed by atoms with Gasteiger partial charge in [0.25, 0.3) is 0 Å². The normalized spacial score (nSPS) is 17.1. The highest BCUT2D eigenvalue weighted by Crippen LogP contribution is 2.45. The van der Waals surface area contributed by atoms with Crippen molar-refractivity contribution < 1.29 is 0 Å². The average Bonchev–Trinajstić information content (AvgIpc) is 3.58. The third-order valence-corrected chi connectivity index (χ3v) is 5.95. The van der Waals surface area contributed by atoms with Crippen LogP contribution < -0.4 is 10.2 Å². The molecule has 142 valence electrons. The molecule has 1 N–H and O–H groups in total. The summed E-state index contributed by atoms with van der Waals surface area (Å²) < 4.78 is 0. The molecule has 0 amide bonds. The molecule has 0 aromatic heterocycles. The first kappa shape index (κ1) is 18.2. The van der Waals surface area contributed by atoms with Gasteiger partial charge in [-0.25, -0.2) is 0 Å². The van der Waals surface area contributed by atoms with E-state index in [0.29, 0.717) is 0 Å². The molecule has 2 aromatic rings. The fraction of sp³-hybridized carbons (Fsp3) is 0.440. The zero-order valence-electron chi connectivity index (χ0n) is 17.0. The predicted molar refractivity (Wildman–Crippen MR) is 118 cm³/mol. The molecular weight excluding hydrogens is 328 g/mol. The zero-order chi connectivity index (χ0) is 18.8. The molecule has 2 aliphatic rings. The highest BCUT2D eigenvalue weighted by atomic mass is 15.1. The largest absolute Gasteiger partial charge is 0.388 e. The summed E-state index contributed by atoms with van der Waals surface area (Å²) in [7, 11) is 4.26. The number of nitrogens with zero attached hydrogens (tertiary/aromatic N) is 1. The van der Waals surface area contributed by atoms with Gasteiger partial charge in [-0.1, -0.05) is 37.3 Å². The van der Waals surface area contributed by atoms with Gasteiger partial charge in [0.1, 0.15) is 0 Å². The van der Waals surface area contributed by atoms with Crippen molar-refractivity contribution in [1.29, 1.82) is 0 Å². The Bertz CT molecular complexity index is 828. The first-order valence-electron chi connectivity index (χ1n) is 10.5. The summed E-state index contributed by atoms with van der Waals surface area (Å²) in [6, 6.07) is 15.9. The molecule has 0 bridgehead atoms. The van der Waals surface area contributed by atoms with E-state index in [1.165, 1.54) is 53.8 Å². The van der Waals surface area contributed by atoms with Crippen LogP contribution in [-0.2, 0) is 6.54 Å². The van der Waals surface area contributed by atoms with E-state index in [0.717, 1.165) is 24.8 Å². The number of nitrogens with one attached hydrogen (secondary N) is 1. The van der Waals surface area contributed by atoms with Crippen LogP contribution in [0.4, 0.5) is 11.4 Å². The second-order valence-corrected chi connectivity index (χ2v) is 8.15. The van der Waals surface area contributed by atoms with Crippen LogP contribution in [0.2, 0.25) is 0 Å². The Hall–Kier alpha value is -2.22. The number of benzene rings is 2. The van der Waals surface area contributed by atoms with E-state index in [4.69, 9.17) is 0 Å². The van der Waals surface area contributed by atoms with Crippen molar-refractivity contribution in [3.8, 4) is 0 Å². The maximum Gasteiger partial charge on any atom is 0.0429 e. The lowest BCUT2D eigenvalue weighted by Crippen LogP contribution is -2.17. The van der Waals surface area contributed by atoms with E-state index in [2.05, 4.69) is 72.7 Å². The van der Waals surface area contributed by atoms with Crippen LogP contribution in [0.15, 0.2) is 48.5 Å². The van der Waals surface area contributed by atoms with Crippen molar-refractivity contribution in [2.24, 2.45) is 5.92 Å². The summed E-state index contributed by atoms with van der Waals surface area (Å²) >= 11 is 0. The summed E-state index contributed by atoms with van der Waals surface area (Å²) in [5, 5.41) is 3.41. The minimum atomic E-state index is 0.758. The van der Waals surface area contributed by atoms with Gasteiger partial charge in [-0.3, -0.25) is 0 Å². The van der Waals surface area contributed by atoms with Gasteiger partial charge in [-0.15, -0.1) is 0 Å². The minimum absolute atomic E-state index is 0.758. The number of hydrogen-bond donors (Lipinski definition) is 1. The predicted octanol–water partition coefficient (Wildman–Crippen LogP) is 6.45. The zero-order valence-corrected chi connectivity index (χ0v) is 17.0. The third kappa shape index (κ3) is 4.05. The first-order valence-corrected chi connectivity index (χ1v) is 10.5. The SMILES string of the molecule is CC/C=C(\c1cc(N(C)Cc2ccccc2C2CC2)ccc1NC)C1CC1. The third-order valence-electron chi connectivity index (χ3n) is 5.95. The molecule has 0 spiro atoms. The van der Waals surface area contributed by atoms with Gasteiger partial charge in [0, 0.05) is 37.6 Å². The Morgan fingerprint density at radius 2 is 1.89 bits per heavy atom. The Kier molecular flexibility index (Phi) is 5.24. The van der Waals surface area contributed by atoms with Crippen LogP contribution in [-0.4, -0.2) is 14.1 Å². The minimum Gasteiger partial charge on any atom is -0.388 e. The highest BCUT2D eigenvalue weighted by Gasteiger charge is 2.28. The maximum absolute atomic E-state index is 3.41. The number of anilines is 2. The molecule has 2 fully saturated rings. The van der Waals surface area contributed by atoms with Crippen molar-refractivity contribution in [3.63, 3.8) is 0 Å². The molecule has 2 aromatic carbocycles.